The Hall–Kier alpha value is -1.58. The molecule has 1 aromatic heterocycles. The second-order valence-electron chi connectivity index (χ2n) is 5.47. The zero-order chi connectivity index (χ0) is 15.7. The lowest BCUT2D eigenvalue weighted by Gasteiger charge is -2.23. The van der Waals surface area contributed by atoms with Gasteiger partial charge in [-0.25, -0.2) is 4.98 Å². The number of hydrogen-bond donors (Lipinski definition) is 0. The van der Waals surface area contributed by atoms with Gasteiger partial charge in [-0.2, -0.15) is 0 Å². The molecule has 4 heteroatoms. The van der Waals surface area contributed by atoms with Gasteiger partial charge in [0.25, 0.3) is 5.91 Å². The van der Waals surface area contributed by atoms with E-state index in [9.17, 15) is 4.79 Å². The van der Waals surface area contributed by atoms with E-state index in [1.54, 1.807) is 4.90 Å². The first kappa shape index (κ1) is 17.5. The van der Waals surface area contributed by atoms with Crippen LogP contribution in [0.25, 0.3) is 0 Å². The van der Waals surface area contributed by atoms with Crippen LogP contribution in [0, 0.1) is 0 Å². The molecule has 0 aromatic carbocycles. The Morgan fingerprint density at radius 1 is 1.05 bits per heavy atom. The fourth-order valence-electron chi connectivity index (χ4n) is 2.30. The quantitative estimate of drug-likeness (QED) is 0.698. The van der Waals surface area contributed by atoms with Crippen LogP contribution in [0.5, 0.6) is 0 Å². The molecular formula is C17H29N3O. The topological polar surface area (TPSA) is 36.4 Å². The first-order valence-corrected chi connectivity index (χ1v) is 8.10. The highest BCUT2D eigenvalue weighted by molar-refractivity contribution is 5.92. The highest BCUT2D eigenvalue weighted by Crippen LogP contribution is 2.15. The van der Waals surface area contributed by atoms with Crippen molar-refractivity contribution in [2.45, 2.75) is 46.5 Å². The molecule has 0 fully saturated rings. The van der Waals surface area contributed by atoms with Crippen molar-refractivity contribution in [2.75, 3.05) is 31.6 Å². The van der Waals surface area contributed by atoms with Gasteiger partial charge in [-0.3, -0.25) is 4.79 Å². The number of aromatic nitrogens is 1. The highest BCUT2D eigenvalue weighted by atomic mass is 16.2. The molecule has 0 aliphatic carbocycles. The molecule has 0 unspecified atom stereocenters. The first-order valence-electron chi connectivity index (χ1n) is 8.10. The molecule has 1 aromatic rings. The summed E-state index contributed by atoms with van der Waals surface area (Å²) in [4.78, 5) is 20.7. The van der Waals surface area contributed by atoms with E-state index in [1.165, 1.54) is 0 Å². The van der Waals surface area contributed by atoms with Crippen molar-refractivity contribution in [1.82, 2.24) is 9.88 Å². The fraction of sp³-hybridized carbons (Fsp3) is 0.647. The minimum absolute atomic E-state index is 0.00698. The number of rotatable bonds is 9. The van der Waals surface area contributed by atoms with Crippen molar-refractivity contribution in [3.05, 3.63) is 24.0 Å². The molecular weight excluding hydrogens is 262 g/mol. The normalized spacial score (nSPS) is 10.5. The Balaban J connectivity index is 2.73. The van der Waals surface area contributed by atoms with Gasteiger partial charge in [0.05, 0.1) is 11.9 Å². The smallest absolute Gasteiger partial charge is 0.272 e. The summed E-state index contributed by atoms with van der Waals surface area (Å²) >= 11 is 0. The zero-order valence-corrected chi connectivity index (χ0v) is 13.9. The number of anilines is 1. The SMILES string of the molecule is CCCCN(C)C(=O)c1ccc(N(CCC)CCC)cn1. The second-order valence-corrected chi connectivity index (χ2v) is 5.47. The number of nitrogens with zero attached hydrogens (tertiary/aromatic N) is 3. The van der Waals surface area contributed by atoms with Gasteiger partial charge in [0.2, 0.25) is 0 Å². The molecule has 0 saturated heterocycles. The molecule has 118 valence electrons. The van der Waals surface area contributed by atoms with Crippen LogP contribution in [0.2, 0.25) is 0 Å². The Labute approximate surface area is 129 Å². The molecule has 0 bridgehead atoms. The Kier molecular flexibility index (Phi) is 7.80. The molecule has 4 nitrogen and oxygen atoms in total. The largest absolute Gasteiger partial charge is 0.370 e. The summed E-state index contributed by atoms with van der Waals surface area (Å²) in [5.41, 5.74) is 1.64. The molecule has 1 rings (SSSR count). The molecule has 1 heterocycles. The number of hydrogen-bond acceptors (Lipinski definition) is 3. The van der Waals surface area contributed by atoms with E-state index in [-0.39, 0.29) is 5.91 Å². The van der Waals surface area contributed by atoms with E-state index in [0.717, 1.165) is 51.0 Å². The molecule has 0 spiro atoms. The maximum absolute atomic E-state index is 12.2. The van der Waals surface area contributed by atoms with Crippen molar-refractivity contribution in [1.29, 1.82) is 0 Å². The van der Waals surface area contributed by atoms with Crippen LogP contribution in [0.15, 0.2) is 18.3 Å². The van der Waals surface area contributed by atoms with Gasteiger partial charge in [-0.15, -0.1) is 0 Å². The molecule has 0 aliphatic rings. The number of carbonyl (C=O) groups excluding carboxylic acids is 1. The summed E-state index contributed by atoms with van der Waals surface area (Å²) in [6.45, 7) is 9.32. The van der Waals surface area contributed by atoms with Crippen molar-refractivity contribution in [3.63, 3.8) is 0 Å². The van der Waals surface area contributed by atoms with Gasteiger partial charge in [0.1, 0.15) is 5.69 Å². The maximum atomic E-state index is 12.2. The van der Waals surface area contributed by atoms with E-state index >= 15 is 0 Å². The molecule has 0 atom stereocenters. The molecule has 0 saturated carbocycles. The minimum Gasteiger partial charge on any atom is -0.370 e. The van der Waals surface area contributed by atoms with Crippen LogP contribution in [0.1, 0.15) is 56.9 Å². The Morgan fingerprint density at radius 2 is 1.71 bits per heavy atom. The van der Waals surface area contributed by atoms with Crippen LogP contribution >= 0.6 is 0 Å². The van der Waals surface area contributed by atoms with Gasteiger partial charge in [-0.05, 0) is 31.4 Å². The minimum atomic E-state index is 0.00698. The third-order valence-corrected chi connectivity index (χ3v) is 3.51. The zero-order valence-electron chi connectivity index (χ0n) is 13.9. The Bertz CT molecular complexity index is 411. The van der Waals surface area contributed by atoms with Crippen LogP contribution in [0.4, 0.5) is 5.69 Å². The van der Waals surface area contributed by atoms with E-state index in [2.05, 4.69) is 30.7 Å². The lowest BCUT2D eigenvalue weighted by molar-refractivity contribution is 0.0787. The highest BCUT2D eigenvalue weighted by Gasteiger charge is 2.13. The first-order chi connectivity index (χ1) is 10.1. The van der Waals surface area contributed by atoms with Gasteiger partial charge >= 0.3 is 0 Å². The Morgan fingerprint density at radius 3 is 2.19 bits per heavy atom. The molecule has 1 amide bonds. The summed E-state index contributed by atoms with van der Waals surface area (Å²) in [5, 5.41) is 0. The number of unbranched alkanes of at least 4 members (excludes halogenated alkanes) is 1. The number of amides is 1. The van der Waals surface area contributed by atoms with E-state index in [4.69, 9.17) is 0 Å². The molecule has 21 heavy (non-hydrogen) atoms. The van der Waals surface area contributed by atoms with Crippen molar-refractivity contribution in [2.24, 2.45) is 0 Å². The van der Waals surface area contributed by atoms with Crippen LogP contribution in [-0.2, 0) is 0 Å². The number of pyridine rings is 1. The lowest BCUT2D eigenvalue weighted by Crippen LogP contribution is -2.29. The van der Waals surface area contributed by atoms with Crippen molar-refractivity contribution < 1.29 is 4.79 Å². The van der Waals surface area contributed by atoms with Crippen molar-refractivity contribution in [3.8, 4) is 0 Å². The average molecular weight is 291 g/mol. The maximum Gasteiger partial charge on any atom is 0.272 e. The third kappa shape index (κ3) is 5.37. The fourth-order valence-corrected chi connectivity index (χ4v) is 2.30. The summed E-state index contributed by atoms with van der Waals surface area (Å²) in [7, 11) is 1.84. The van der Waals surface area contributed by atoms with E-state index in [1.807, 2.05) is 25.4 Å². The number of carbonyl (C=O) groups is 1. The van der Waals surface area contributed by atoms with Crippen LogP contribution in [0.3, 0.4) is 0 Å². The standard InChI is InChI=1S/C17H29N3O/c1-5-8-13-19(4)17(21)16-10-9-15(14-18-16)20(11-6-2)12-7-3/h9-10,14H,5-8,11-13H2,1-4H3. The summed E-state index contributed by atoms with van der Waals surface area (Å²) in [6.07, 6.45) is 6.17. The van der Waals surface area contributed by atoms with Crippen molar-refractivity contribution >= 4 is 11.6 Å². The van der Waals surface area contributed by atoms with E-state index in [0.29, 0.717) is 5.69 Å². The predicted octanol–water partition coefficient (Wildman–Crippen LogP) is 3.58. The second kappa shape index (κ2) is 9.37. The average Bonchev–Trinajstić information content (AvgIpc) is 2.52. The van der Waals surface area contributed by atoms with Gasteiger partial charge in [-0.1, -0.05) is 27.2 Å². The predicted molar refractivity (Wildman–Crippen MR) is 88.9 cm³/mol. The molecule has 0 N–H and O–H groups in total. The molecule has 0 radical (unpaired) electrons. The monoisotopic (exact) mass is 291 g/mol. The lowest BCUT2D eigenvalue weighted by atomic mass is 10.2. The van der Waals surface area contributed by atoms with Gasteiger partial charge in [0.15, 0.2) is 0 Å². The van der Waals surface area contributed by atoms with E-state index < -0.39 is 0 Å². The summed E-state index contributed by atoms with van der Waals surface area (Å²) in [5.74, 6) is 0.00698. The van der Waals surface area contributed by atoms with Crippen LogP contribution in [-0.4, -0.2) is 42.5 Å². The summed E-state index contributed by atoms with van der Waals surface area (Å²) in [6, 6.07) is 3.86. The van der Waals surface area contributed by atoms with Crippen LogP contribution < -0.4 is 4.90 Å². The summed E-state index contributed by atoms with van der Waals surface area (Å²) < 4.78 is 0. The van der Waals surface area contributed by atoms with Gasteiger partial charge < -0.3 is 9.80 Å². The van der Waals surface area contributed by atoms with Gasteiger partial charge in [0, 0.05) is 26.7 Å². The molecule has 0 aliphatic heterocycles. The third-order valence-electron chi connectivity index (χ3n) is 3.51.